The molecular weight excluding hydrogens is 410 g/mol. The molecule has 0 bridgehead atoms. The monoisotopic (exact) mass is 435 g/mol. The third-order valence-corrected chi connectivity index (χ3v) is 6.24. The molecule has 0 spiro atoms. The van der Waals surface area contributed by atoms with Gasteiger partial charge < -0.3 is 19.4 Å². The zero-order valence-corrected chi connectivity index (χ0v) is 18.1. The molecule has 0 unspecified atom stereocenters. The highest BCUT2D eigenvalue weighted by Gasteiger charge is 2.30. The molecule has 5 rings (SSSR count). The van der Waals surface area contributed by atoms with Crippen LogP contribution in [0.1, 0.15) is 28.2 Å². The lowest BCUT2D eigenvalue weighted by atomic mass is 10.0. The summed E-state index contributed by atoms with van der Waals surface area (Å²) in [5.74, 6) is 0.399. The van der Waals surface area contributed by atoms with Crippen molar-refractivity contribution in [2.75, 3.05) is 38.3 Å². The SMILES string of the molecule is COC(=O)c1ccc(N2CCN3Cc4cc5[nH]c(=O)c(C)nc5cc4OCC[C@H]3C2)cn1. The van der Waals surface area contributed by atoms with Crippen molar-refractivity contribution in [3.05, 3.63) is 57.8 Å². The number of carbonyl (C=O) groups excluding carboxylic acids is 1. The fourth-order valence-electron chi connectivity index (χ4n) is 4.44. The summed E-state index contributed by atoms with van der Waals surface area (Å²) in [5.41, 5.74) is 4.12. The first-order chi connectivity index (χ1) is 15.5. The number of pyridine rings is 1. The maximum atomic E-state index is 12.0. The molecule has 2 aromatic heterocycles. The van der Waals surface area contributed by atoms with Crippen molar-refractivity contribution in [1.82, 2.24) is 19.9 Å². The Balaban J connectivity index is 1.36. The van der Waals surface area contributed by atoms with Crippen LogP contribution in [0.25, 0.3) is 11.0 Å². The van der Waals surface area contributed by atoms with Gasteiger partial charge >= 0.3 is 5.97 Å². The van der Waals surface area contributed by atoms with Gasteiger partial charge in [0, 0.05) is 43.9 Å². The molecule has 4 heterocycles. The Hall–Kier alpha value is -3.46. The Labute approximate surface area is 185 Å². The summed E-state index contributed by atoms with van der Waals surface area (Å²) in [6.45, 7) is 5.66. The summed E-state index contributed by atoms with van der Waals surface area (Å²) in [6, 6.07) is 7.86. The van der Waals surface area contributed by atoms with E-state index in [1.54, 1.807) is 19.2 Å². The lowest BCUT2D eigenvalue weighted by molar-refractivity contribution is 0.0594. The average molecular weight is 435 g/mol. The second kappa shape index (κ2) is 8.23. The van der Waals surface area contributed by atoms with Crippen LogP contribution in [0, 0.1) is 6.92 Å². The zero-order valence-electron chi connectivity index (χ0n) is 18.1. The number of fused-ring (bicyclic) bond motifs is 3. The van der Waals surface area contributed by atoms with Crippen LogP contribution >= 0.6 is 0 Å². The number of ether oxygens (including phenoxy) is 2. The van der Waals surface area contributed by atoms with Gasteiger partial charge in [-0.1, -0.05) is 0 Å². The van der Waals surface area contributed by atoms with Gasteiger partial charge in [-0.15, -0.1) is 0 Å². The number of carbonyl (C=O) groups is 1. The maximum absolute atomic E-state index is 12.0. The first-order valence-corrected chi connectivity index (χ1v) is 10.7. The van der Waals surface area contributed by atoms with Crippen LogP contribution in [0.5, 0.6) is 5.75 Å². The number of hydrogen-bond acceptors (Lipinski definition) is 8. The number of methoxy groups -OCH3 is 1. The quantitative estimate of drug-likeness (QED) is 0.609. The van der Waals surface area contributed by atoms with Crippen LogP contribution in [0.15, 0.2) is 35.3 Å². The number of piperazine rings is 1. The van der Waals surface area contributed by atoms with Crippen LogP contribution in [0.2, 0.25) is 0 Å². The fourth-order valence-corrected chi connectivity index (χ4v) is 4.44. The van der Waals surface area contributed by atoms with Crippen LogP contribution in [-0.4, -0.2) is 65.2 Å². The zero-order chi connectivity index (χ0) is 22.2. The van der Waals surface area contributed by atoms with Crippen LogP contribution < -0.4 is 15.2 Å². The minimum Gasteiger partial charge on any atom is -0.493 e. The highest BCUT2D eigenvalue weighted by molar-refractivity contribution is 5.87. The predicted octanol–water partition coefficient (Wildman–Crippen LogP) is 1.89. The molecule has 2 aliphatic heterocycles. The first-order valence-electron chi connectivity index (χ1n) is 10.7. The number of rotatable bonds is 2. The van der Waals surface area contributed by atoms with Crippen molar-refractivity contribution in [3.63, 3.8) is 0 Å². The second-order valence-electron chi connectivity index (χ2n) is 8.23. The van der Waals surface area contributed by atoms with Gasteiger partial charge in [0.25, 0.3) is 5.56 Å². The van der Waals surface area contributed by atoms with Gasteiger partial charge in [-0.3, -0.25) is 9.69 Å². The number of aromatic nitrogens is 3. The Morgan fingerprint density at radius 1 is 1.28 bits per heavy atom. The van der Waals surface area contributed by atoms with Gasteiger partial charge in [0.15, 0.2) is 0 Å². The molecule has 0 amide bonds. The Bertz CT molecular complexity index is 1220. The van der Waals surface area contributed by atoms with Gasteiger partial charge in [-0.25, -0.2) is 14.8 Å². The second-order valence-corrected chi connectivity index (χ2v) is 8.23. The van der Waals surface area contributed by atoms with E-state index < -0.39 is 5.97 Å². The lowest BCUT2D eigenvalue weighted by Crippen LogP contribution is -2.53. The van der Waals surface area contributed by atoms with E-state index >= 15 is 0 Å². The Morgan fingerprint density at radius 3 is 2.94 bits per heavy atom. The number of H-pyrrole nitrogens is 1. The summed E-state index contributed by atoms with van der Waals surface area (Å²) < 4.78 is 10.8. The molecule has 1 N–H and O–H groups in total. The lowest BCUT2D eigenvalue weighted by Gasteiger charge is -2.43. The normalized spacial score (nSPS) is 18.8. The molecular formula is C23H25N5O4. The summed E-state index contributed by atoms with van der Waals surface area (Å²) in [7, 11) is 1.35. The number of esters is 1. The summed E-state index contributed by atoms with van der Waals surface area (Å²) in [4.78, 5) is 40.0. The van der Waals surface area contributed by atoms with Crippen LogP contribution in [-0.2, 0) is 11.3 Å². The molecule has 0 radical (unpaired) electrons. The smallest absolute Gasteiger partial charge is 0.356 e. The predicted molar refractivity (Wildman–Crippen MR) is 119 cm³/mol. The summed E-state index contributed by atoms with van der Waals surface area (Å²) >= 11 is 0. The minimum absolute atomic E-state index is 0.164. The van der Waals surface area contributed by atoms with Gasteiger partial charge in [-0.2, -0.15) is 0 Å². The third kappa shape index (κ3) is 3.80. The highest BCUT2D eigenvalue weighted by atomic mass is 16.5. The van der Waals surface area contributed by atoms with E-state index in [0.717, 1.165) is 60.6 Å². The molecule has 1 aromatic carbocycles. The maximum Gasteiger partial charge on any atom is 0.356 e. The van der Waals surface area contributed by atoms with Gasteiger partial charge in [0.05, 0.1) is 36.6 Å². The molecule has 1 atom stereocenters. The molecule has 3 aromatic rings. The molecule has 9 heteroatoms. The van der Waals surface area contributed by atoms with E-state index in [1.165, 1.54) is 7.11 Å². The minimum atomic E-state index is -0.434. The third-order valence-electron chi connectivity index (χ3n) is 6.24. The number of nitrogens with one attached hydrogen (secondary N) is 1. The van der Waals surface area contributed by atoms with E-state index in [-0.39, 0.29) is 5.56 Å². The van der Waals surface area contributed by atoms with Gasteiger partial charge in [0.2, 0.25) is 0 Å². The van der Waals surface area contributed by atoms with E-state index in [2.05, 4.69) is 24.8 Å². The molecule has 32 heavy (non-hydrogen) atoms. The van der Waals surface area contributed by atoms with Crippen LogP contribution in [0.4, 0.5) is 5.69 Å². The van der Waals surface area contributed by atoms with Crippen LogP contribution in [0.3, 0.4) is 0 Å². The van der Waals surface area contributed by atoms with E-state index in [1.807, 2.05) is 18.2 Å². The van der Waals surface area contributed by atoms with Crippen molar-refractivity contribution in [2.24, 2.45) is 0 Å². The van der Waals surface area contributed by atoms with Crippen molar-refractivity contribution in [2.45, 2.75) is 25.9 Å². The Morgan fingerprint density at radius 2 is 2.16 bits per heavy atom. The molecule has 1 fully saturated rings. The van der Waals surface area contributed by atoms with Crippen molar-refractivity contribution < 1.29 is 14.3 Å². The van der Waals surface area contributed by atoms with Gasteiger partial charge in [0.1, 0.15) is 17.1 Å². The van der Waals surface area contributed by atoms with E-state index in [0.29, 0.717) is 24.0 Å². The summed E-state index contributed by atoms with van der Waals surface area (Å²) in [5, 5.41) is 0. The molecule has 0 saturated carbocycles. The molecule has 9 nitrogen and oxygen atoms in total. The standard InChI is InChI=1S/C23H25N5O4/c1-14-22(29)26-19-9-15-12-27-6-7-28(16-3-4-18(24-11-16)23(30)31-2)13-17(27)5-8-32-21(15)10-20(19)25-14/h3-4,9-11,17H,5-8,12-13H2,1-2H3,(H,26,29)/t17-/m0/s1. The number of nitrogens with zero attached hydrogens (tertiary/aromatic N) is 4. The van der Waals surface area contributed by atoms with Crippen molar-refractivity contribution in [3.8, 4) is 5.75 Å². The molecule has 166 valence electrons. The molecule has 1 saturated heterocycles. The molecule has 0 aliphatic carbocycles. The number of aryl methyl sites for hydroxylation is 1. The van der Waals surface area contributed by atoms with Crippen molar-refractivity contribution in [1.29, 1.82) is 0 Å². The Kier molecular flexibility index (Phi) is 5.26. The summed E-state index contributed by atoms with van der Waals surface area (Å²) in [6.07, 6.45) is 2.63. The topological polar surface area (TPSA) is 101 Å². The van der Waals surface area contributed by atoms with E-state index in [4.69, 9.17) is 9.47 Å². The average Bonchev–Trinajstić information content (AvgIpc) is 2.79. The number of hydrogen-bond donors (Lipinski definition) is 1. The fraction of sp³-hybridized carbons (Fsp3) is 0.391. The highest BCUT2D eigenvalue weighted by Crippen LogP contribution is 2.30. The molecule has 2 aliphatic rings. The van der Waals surface area contributed by atoms with Crippen molar-refractivity contribution >= 4 is 22.7 Å². The number of benzene rings is 1. The number of aromatic amines is 1. The first kappa shape index (κ1) is 20.4. The van der Waals surface area contributed by atoms with Gasteiger partial charge in [-0.05, 0) is 31.5 Å². The largest absolute Gasteiger partial charge is 0.493 e. The number of anilines is 1. The van der Waals surface area contributed by atoms with E-state index in [9.17, 15) is 9.59 Å².